The maximum absolute atomic E-state index is 12.9. The normalized spacial score (nSPS) is 14.3. The number of para-hydroxylation sites is 1. The van der Waals surface area contributed by atoms with E-state index in [-0.39, 0.29) is 11.8 Å². The van der Waals surface area contributed by atoms with Crippen LogP contribution in [-0.4, -0.2) is 67.9 Å². The van der Waals surface area contributed by atoms with Gasteiger partial charge in [0.15, 0.2) is 0 Å². The molecule has 33 heavy (non-hydrogen) atoms. The first kappa shape index (κ1) is 22.8. The quantitative estimate of drug-likeness (QED) is 0.630. The van der Waals surface area contributed by atoms with Crippen LogP contribution in [0.3, 0.4) is 0 Å². The van der Waals surface area contributed by atoms with Crippen molar-refractivity contribution in [2.24, 2.45) is 0 Å². The highest BCUT2D eigenvalue weighted by molar-refractivity contribution is 5.93. The number of nitrogens with one attached hydrogen (secondary N) is 1. The molecule has 172 valence electrons. The summed E-state index contributed by atoms with van der Waals surface area (Å²) in [6.45, 7) is 7.36. The van der Waals surface area contributed by atoms with E-state index in [0.29, 0.717) is 39.3 Å². The van der Waals surface area contributed by atoms with E-state index in [2.05, 4.69) is 40.5 Å². The van der Waals surface area contributed by atoms with Gasteiger partial charge in [0, 0.05) is 44.6 Å². The summed E-state index contributed by atoms with van der Waals surface area (Å²) in [4.78, 5) is 31.4. The Bertz CT molecular complexity index is 1130. The first-order valence-electron chi connectivity index (χ1n) is 11.5. The highest BCUT2D eigenvalue weighted by atomic mass is 16.2. The highest BCUT2D eigenvalue weighted by Crippen LogP contribution is 2.22. The fourth-order valence-electron chi connectivity index (χ4n) is 4.36. The number of carbonyl (C=O) groups excluding carboxylic acids is 2. The van der Waals surface area contributed by atoms with E-state index < -0.39 is 0 Å². The van der Waals surface area contributed by atoms with E-state index in [0.717, 1.165) is 22.5 Å². The van der Waals surface area contributed by atoms with Gasteiger partial charge in [-0.1, -0.05) is 48.5 Å². The molecule has 6 nitrogen and oxygen atoms in total. The third-order valence-electron chi connectivity index (χ3n) is 6.38. The van der Waals surface area contributed by atoms with E-state index in [1.54, 1.807) is 0 Å². The van der Waals surface area contributed by atoms with Crippen LogP contribution in [0.25, 0.3) is 10.8 Å². The number of rotatable bonds is 6. The molecule has 1 aliphatic heterocycles. The van der Waals surface area contributed by atoms with Gasteiger partial charge in [0.2, 0.25) is 11.8 Å². The number of amides is 2. The zero-order chi connectivity index (χ0) is 23.4. The van der Waals surface area contributed by atoms with Crippen molar-refractivity contribution in [3.05, 3.63) is 71.8 Å². The van der Waals surface area contributed by atoms with E-state index >= 15 is 0 Å². The maximum atomic E-state index is 12.9. The maximum Gasteiger partial charge on any atom is 0.242 e. The molecular formula is C27H32N4O2. The molecule has 6 heteroatoms. The minimum absolute atomic E-state index is 0.0109. The molecule has 1 aliphatic rings. The molecule has 0 unspecified atom stereocenters. The number of piperazine rings is 1. The molecule has 1 fully saturated rings. The molecule has 2 amide bonds. The first-order chi connectivity index (χ1) is 15.9. The summed E-state index contributed by atoms with van der Waals surface area (Å²) >= 11 is 0. The number of nitrogens with zero attached hydrogens (tertiary/aromatic N) is 3. The van der Waals surface area contributed by atoms with Crippen molar-refractivity contribution in [3.63, 3.8) is 0 Å². The van der Waals surface area contributed by atoms with Crippen LogP contribution < -0.4 is 10.2 Å². The Balaban J connectivity index is 1.26. The van der Waals surface area contributed by atoms with Crippen LogP contribution in [-0.2, 0) is 9.59 Å². The fraction of sp³-hybridized carbons (Fsp3) is 0.333. The Morgan fingerprint density at radius 1 is 0.879 bits per heavy atom. The summed E-state index contributed by atoms with van der Waals surface area (Å²) in [6.07, 6.45) is 0. The smallest absolute Gasteiger partial charge is 0.242 e. The van der Waals surface area contributed by atoms with Gasteiger partial charge >= 0.3 is 0 Å². The molecule has 3 aromatic rings. The summed E-state index contributed by atoms with van der Waals surface area (Å²) in [5.41, 5.74) is 4.06. The SMILES string of the molecule is Cc1cccc(C)c1NC(=O)CN1CCN(C(=O)CN(C)c2ccc3ccccc3c2)CC1. The van der Waals surface area contributed by atoms with Gasteiger partial charge < -0.3 is 15.1 Å². The average Bonchev–Trinajstić information content (AvgIpc) is 2.81. The predicted octanol–water partition coefficient (Wildman–Crippen LogP) is 3.68. The molecule has 1 N–H and O–H groups in total. The van der Waals surface area contributed by atoms with Crippen molar-refractivity contribution in [2.45, 2.75) is 13.8 Å². The van der Waals surface area contributed by atoms with E-state index in [1.807, 2.05) is 61.0 Å². The minimum atomic E-state index is -0.0109. The van der Waals surface area contributed by atoms with E-state index in [9.17, 15) is 9.59 Å². The van der Waals surface area contributed by atoms with Crippen LogP contribution in [0.15, 0.2) is 60.7 Å². The van der Waals surface area contributed by atoms with Crippen LogP contribution >= 0.6 is 0 Å². The molecule has 1 saturated heterocycles. The van der Waals surface area contributed by atoms with E-state index in [1.165, 1.54) is 10.8 Å². The lowest BCUT2D eigenvalue weighted by Gasteiger charge is -2.35. The van der Waals surface area contributed by atoms with Crippen molar-refractivity contribution in [3.8, 4) is 0 Å². The topological polar surface area (TPSA) is 55.9 Å². The molecule has 0 aliphatic carbocycles. The van der Waals surface area contributed by atoms with Gasteiger partial charge in [-0.25, -0.2) is 0 Å². The highest BCUT2D eigenvalue weighted by Gasteiger charge is 2.23. The summed E-state index contributed by atoms with van der Waals surface area (Å²) in [5, 5.41) is 5.41. The van der Waals surface area contributed by atoms with Crippen molar-refractivity contribution >= 4 is 34.0 Å². The average molecular weight is 445 g/mol. The zero-order valence-corrected chi connectivity index (χ0v) is 19.7. The number of carbonyl (C=O) groups is 2. The predicted molar refractivity (Wildman–Crippen MR) is 135 cm³/mol. The molecule has 0 bridgehead atoms. The van der Waals surface area contributed by atoms with Gasteiger partial charge in [-0.05, 0) is 47.9 Å². The number of benzene rings is 3. The molecule has 0 atom stereocenters. The van der Waals surface area contributed by atoms with Crippen LogP contribution in [0, 0.1) is 13.8 Å². The second kappa shape index (κ2) is 10.0. The summed E-state index contributed by atoms with van der Waals surface area (Å²) in [6, 6.07) is 20.5. The van der Waals surface area contributed by atoms with Crippen molar-refractivity contribution in [1.29, 1.82) is 0 Å². The third kappa shape index (κ3) is 5.52. The molecule has 3 aromatic carbocycles. The Hall–Kier alpha value is -3.38. The van der Waals surface area contributed by atoms with Gasteiger partial charge in [-0.3, -0.25) is 14.5 Å². The Labute approximate surface area is 195 Å². The minimum Gasteiger partial charge on any atom is -0.365 e. The molecular weight excluding hydrogens is 412 g/mol. The third-order valence-corrected chi connectivity index (χ3v) is 6.38. The number of anilines is 2. The van der Waals surface area contributed by atoms with Crippen molar-refractivity contribution < 1.29 is 9.59 Å². The van der Waals surface area contributed by atoms with Crippen molar-refractivity contribution in [1.82, 2.24) is 9.80 Å². The molecule has 0 radical (unpaired) electrons. The van der Waals surface area contributed by atoms with E-state index in [4.69, 9.17) is 0 Å². The van der Waals surface area contributed by atoms with Crippen molar-refractivity contribution in [2.75, 3.05) is 56.5 Å². The lowest BCUT2D eigenvalue weighted by atomic mass is 10.1. The van der Waals surface area contributed by atoms with Gasteiger partial charge in [0.1, 0.15) is 0 Å². The molecule has 4 rings (SSSR count). The van der Waals surface area contributed by atoms with Crippen LogP contribution in [0.5, 0.6) is 0 Å². The largest absolute Gasteiger partial charge is 0.365 e. The summed E-state index contributed by atoms with van der Waals surface area (Å²) < 4.78 is 0. The number of hydrogen-bond donors (Lipinski definition) is 1. The second-order valence-corrected chi connectivity index (χ2v) is 8.86. The van der Waals surface area contributed by atoms with Gasteiger partial charge in [-0.15, -0.1) is 0 Å². The zero-order valence-electron chi connectivity index (χ0n) is 19.7. The van der Waals surface area contributed by atoms with Gasteiger partial charge in [0.05, 0.1) is 13.1 Å². The van der Waals surface area contributed by atoms with Crippen LogP contribution in [0.1, 0.15) is 11.1 Å². The number of aryl methyl sites for hydroxylation is 2. The molecule has 0 saturated carbocycles. The number of likely N-dealkylation sites (N-methyl/N-ethyl adjacent to an activating group) is 1. The molecule has 1 heterocycles. The Kier molecular flexibility index (Phi) is 6.94. The lowest BCUT2D eigenvalue weighted by molar-refractivity contribution is -0.131. The molecule has 0 spiro atoms. The van der Waals surface area contributed by atoms with Gasteiger partial charge in [-0.2, -0.15) is 0 Å². The first-order valence-corrected chi connectivity index (χ1v) is 11.5. The second-order valence-electron chi connectivity index (χ2n) is 8.86. The number of fused-ring (bicyclic) bond motifs is 1. The molecule has 0 aromatic heterocycles. The summed E-state index contributed by atoms with van der Waals surface area (Å²) in [5.74, 6) is 0.105. The van der Waals surface area contributed by atoms with Crippen LogP contribution in [0.4, 0.5) is 11.4 Å². The standard InChI is InChI=1S/C27H32N4O2/c1-20-7-6-8-21(2)27(20)28-25(32)18-30-13-15-31(16-14-30)26(33)19-29(3)24-12-11-22-9-4-5-10-23(22)17-24/h4-12,17H,13-16,18-19H2,1-3H3,(H,28,32). The van der Waals surface area contributed by atoms with Gasteiger partial charge in [0.25, 0.3) is 0 Å². The fourth-order valence-corrected chi connectivity index (χ4v) is 4.36. The summed E-state index contributed by atoms with van der Waals surface area (Å²) in [7, 11) is 1.95. The monoisotopic (exact) mass is 444 g/mol. The Morgan fingerprint density at radius 2 is 1.55 bits per heavy atom. The Morgan fingerprint density at radius 3 is 2.24 bits per heavy atom. The van der Waals surface area contributed by atoms with Crippen LogP contribution in [0.2, 0.25) is 0 Å². The lowest BCUT2D eigenvalue weighted by Crippen LogP contribution is -2.52. The number of hydrogen-bond acceptors (Lipinski definition) is 4.